The van der Waals surface area contributed by atoms with Gasteiger partial charge in [-0.15, -0.1) is 0 Å². The molecule has 1 aliphatic rings. The molecule has 0 saturated carbocycles. The average Bonchev–Trinajstić information content (AvgIpc) is 3.07. The summed E-state index contributed by atoms with van der Waals surface area (Å²) in [5.74, 6) is -0.202. The lowest BCUT2D eigenvalue weighted by Crippen LogP contribution is -2.44. The first-order chi connectivity index (χ1) is 13.5. The van der Waals surface area contributed by atoms with Crippen LogP contribution in [0.2, 0.25) is 0 Å². The van der Waals surface area contributed by atoms with E-state index in [1.54, 1.807) is 68.8 Å². The van der Waals surface area contributed by atoms with Gasteiger partial charge in [0, 0.05) is 12.6 Å². The Morgan fingerprint density at radius 1 is 0.964 bits per heavy atom. The Balaban J connectivity index is 1.98. The van der Waals surface area contributed by atoms with Gasteiger partial charge in [-0.2, -0.15) is 0 Å². The molecule has 0 bridgehead atoms. The van der Waals surface area contributed by atoms with E-state index in [-0.39, 0.29) is 16.1 Å². The lowest BCUT2D eigenvalue weighted by molar-refractivity contribution is -0.113. The van der Waals surface area contributed by atoms with E-state index in [1.165, 1.54) is 4.90 Å². The number of Topliss-reactive ketones (excluding diaryl/α,β-unsaturated/α-hetero) is 1. The monoisotopic (exact) mass is 375 g/mol. The number of ether oxygens (including phenoxy) is 1. The van der Waals surface area contributed by atoms with E-state index >= 15 is 0 Å². The number of para-hydroxylation sites is 1. The zero-order chi connectivity index (χ0) is 19.8. The van der Waals surface area contributed by atoms with Crippen molar-refractivity contribution in [3.63, 3.8) is 0 Å². The Labute approximate surface area is 159 Å². The number of carbonyl (C=O) groups excluding carboxylic acids is 2. The predicted molar refractivity (Wildman–Crippen MR) is 105 cm³/mol. The number of anilines is 1. The second kappa shape index (κ2) is 6.70. The van der Waals surface area contributed by atoms with Crippen molar-refractivity contribution < 1.29 is 14.3 Å². The molecule has 0 spiro atoms. The number of hydrogen-bond acceptors (Lipinski definition) is 4. The molecule has 4 rings (SSSR count). The maximum atomic E-state index is 13.0. The highest BCUT2D eigenvalue weighted by molar-refractivity contribution is 6.51. The fraction of sp³-hybridized carbons (Fsp3) is 0.0952. The van der Waals surface area contributed by atoms with Gasteiger partial charge in [0.1, 0.15) is 11.3 Å². The molecule has 2 heterocycles. The Bertz CT molecular complexity index is 1270. The van der Waals surface area contributed by atoms with Crippen LogP contribution < -0.4 is 25.8 Å². The molecular weight excluding hydrogens is 358 g/mol. The molecule has 0 fully saturated rings. The highest BCUT2D eigenvalue weighted by atomic mass is 16.5. The second-order valence-electron chi connectivity index (χ2n) is 6.37. The van der Waals surface area contributed by atoms with Crippen LogP contribution in [0.5, 0.6) is 5.75 Å². The van der Waals surface area contributed by atoms with Crippen LogP contribution in [0, 0.1) is 0 Å². The summed E-state index contributed by atoms with van der Waals surface area (Å²) in [7, 11) is 3.17. The van der Waals surface area contributed by atoms with Crippen molar-refractivity contribution in [3.05, 3.63) is 80.6 Å². The van der Waals surface area contributed by atoms with Gasteiger partial charge in [0.15, 0.2) is 0 Å². The van der Waals surface area contributed by atoms with Crippen LogP contribution in [-0.2, 0) is 4.79 Å². The molecule has 0 atom stereocenters. The van der Waals surface area contributed by atoms with Gasteiger partial charge in [-0.25, -0.2) is 0 Å². The number of H-pyrrole nitrogens is 2. The van der Waals surface area contributed by atoms with Crippen LogP contribution in [0.4, 0.5) is 5.69 Å². The third-order valence-electron chi connectivity index (χ3n) is 4.75. The summed E-state index contributed by atoms with van der Waals surface area (Å²) in [5.41, 5.74) is 1.20. The summed E-state index contributed by atoms with van der Waals surface area (Å²) in [5, 5.41) is 5.57. The Hall–Kier alpha value is -3.87. The number of aromatic nitrogens is 2. The number of amides is 1. The lowest BCUT2D eigenvalue weighted by Gasteiger charge is -2.25. The van der Waals surface area contributed by atoms with E-state index in [4.69, 9.17) is 4.74 Å². The molecule has 2 aromatic carbocycles. The fourth-order valence-corrected chi connectivity index (χ4v) is 3.26. The Kier molecular flexibility index (Phi) is 4.19. The summed E-state index contributed by atoms with van der Waals surface area (Å²) >= 11 is 0. The van der Waals surface area contributed by atoms with Crippen LogP contribution in [0.1, 0.15) is 15.9 Å². The van der Waals surface area contributed by atoms with Crippen LogP contribution in [-0.4, -0.2) is 36.0 Å². The van der Waals surface area contributed by atoms with Gasteiger partial charge in [0.2, 0.25) is 5.78 Å². The molecular formula is C21H17N3O4. The molecule has 0 unspecified atom stereocenters. The third-order valence-corrected chi connectivity index (χ3v) is 4.75. The molecule has 0 aliphatic carbocycles. The van der Waals surface area contributed by atoms with Crippen molar-refractivity contribution in [2.45, 2.75) is 0 Å². The minimum Gasteiger partial charge on any atom is -0.497 e. The number of carbonyl (C=O) groups is 2. The van der Waals surface area contributed by atoms with Crippen LogP contribution in [0.25, 0.3) is 11.6 Å². The quantitative estimate of drug-likeness (QED) is 0.684. The standard InChI is InChI=1S/C21H17N3O4/c1-24-16-6-4-3-5-14(16)19(25)17(21(24)27)18-15(20(26)23-22-18)11-12-7-9-13(28-2)10-8-12/h3-11,22H,1-2H3,(H,23,26)/b15-11-,18-17-. The lowest BCUT2D eigenvalue weighted by atomic mass is 9.95. The van der Waals surface area contributed by atoms with E-state index in [2.05, 4.69) is 10.2 Å². The number of benzene rings is 2. The Morgan fingerprint density at radius 3 is 2.39 bits per heavy atom. The van der Waals surface area contributed by atoms with Crippen molar-refractivity contribution in [2.75, 3.05) is 19.1 Å². The van der Waals surface area contributed by atoms with Crippen LogP contribution in [0.15, 0.2) is 53.3 Å². The first-order valence-corrected chi connectivity index (χ1v) is 8.60. The molecule has 140 valence electrons. The smallest absolute Gasteiger partial charge is 0.271 e. The minimum atomic E-state index is -0.469. The summed E-state index contributed by atoms with van der Waals surface area (Å²) in [6, 6.07) is 14.0. The zero-order valence-electron chi connectivity index (χ0n) is 15.3. The van der Waals surface area contributed by atoms with Gasteiger partial charge >= 0.3 is 0 Å². The molecule has 1 aliphatic heterocycles. The molecule has 7 heteroatoms. The predicted octanol–water partition coefficient (Wildman–Crippen LogP) is 0.550. The summed E-state index contributed by atoms with van der Waals surface area (Å²) in [6.45, 7) is 0. The molecule has 2 N–H and O–H groups in total. The normalized spacial score (nSPS) is 16.4. The number of fused-ring (bicyclic) bond motifs is 1. The van der Waals surface area contributed by atoms with Crippen molar-refractivity contribution in [1.29, 1.82) is 0 Å². The topological polar surface area (TPSA) is 95.3 Å². The highest BCUT2D eigenvalue weighted by Crippen LogP contribution is 2.28. The third kappa shape index (κ3) is 2.73. The highest BCUT2D eigenvalue weighted by Gasteiger charge is 2.33. The molecule has 3 aromatic rings. The minimum absolute atomic E-state index is 0.0701. The van der Waals surface area contributed by atoms with Gasteiger partial charge in [-0.05, 0) is 35.9 Å². The van der Waals surface area contributed by atoms with Gasteiger partial charge in [0.25, 0.3) is 11.5 Å². The van der Waals surface area contributed by atoms with E-state index in [0.717, 1.165) is 5.56 Å². The second-order valence-corrected chi connectivity index (χ2v) is 6.37. The molecule has 0 saturated heterocycles. The maximum Gasteiger partial charge on any atom is 0.271 e. The first kappa shape index (κ1) is 17.5. The number of hydrogen-bond donors (Lipinski definition) is 2. The maximum absolute atomic E-state index is 13.0. The summed E-state index contributed by atoms with van der Waals surface area (Å²) in [4.78, 5) is 39.7. The van der Waals surface area contributed by atoms with Crippen molar-refractivity contribution >= 4 is 29.0 Å². The van der Waals surface area contributed by atoms with Crippen molar-refractivity contribution in [3.8, 4) is 5.75 Å². The van der Waals surface area contributed by atoms with Gasteiger partial charge in [0.05, 0.1) is 23.4 Å². The van der Waals surface area contributed by atoms with Gasteiger partial charge < -0.3 is 9.64 Å². The average molecular weight is 375 g/mol. The number of methoxy groups -OCH3 is 1. The Morgan fingerprint density at radius 2 is 1.68 bits per heavy atom. The van der Waals surface area contributed by atoms with E-state index < -0.39 is 17.2 Å². The molecule has 1 aromatic heterocycles. The van der Waals surface area contributed by atoms with E-state index in [1.807, 2.05) is 0 Å². The fourth-order valence-electron chi connectivity index (χ4n) is 3.26. The summed E-state index contributed by atoms with van der Waals surface area (Å²) in [6.07, 6.45) is 1.62. The number of nitrogens with zero attached hydrogens (tertiary/aromatic N) is 1. The van der Waals surface area contributed by atoms with Crippen LogP contribution in [0.3, 0.4) is 0 Å². The molecule has 0 radical (unpaired) electrons. The molecule has 28 heavy (non-hydrogen) atoms. The van der Waals surface area contributed by atoms with Crippen LogP contribution >= 0.6 is 0 Å². The van der Waals surface area contributed by atoms with E-state index in [9.17, 15) is 14.4 Å². The van der Waals surface area contributed by atoms with Gasteiger partial charge in [-0.3, -0.25) is 24.6 Å². The van der Waals surface area contributed by atoms with Crippen molar-refractivity contribution in [2.24, 2.45) is 0 Å². The molecule has 7 nitrogen and oxygen atoms in total. The van der Waals surface area contributed by atoms with Crippen molar-refractivity contribution in [1.82, 2.24) is 10.2 Å². The largest absolute Gasteiger partial charge is 0.497 e. The number of nitrogens with one attached hydrogen (secondary N) is 2. The first-order valence-electron chi connectivity index (χ1n) is 8.60. The zero-order valence-corrected chi connectivity index (χ0v) is 15.3. The van der Waals surface area contributed by atoms with E-state index in [0.29, 0.717) is 17.0 Å². The summed E-state index contributed by atoms with van der Waals surface area (Å²) < 4.78 is 5.13. The number of rotatable bonds is 2. The number of aromatic amines is 2. The van der Waals surface area contributed by atoms with Gasteiger partial charge in [-0.1, -0.05) is 24.3 Å². The SMILES string of the molecule is COc1ccc(/C=c2\c(=O)[nH][nH]\c2=C2\C(=O)c3ccccc3N(C)C2=O)cc1. The number of ketones is 1. The molecule has 1 amide bonds.